The van der Waals surface area contributed by atoms with Gasteiger partial charge in [0.2, 0.25) is 5.91 Å². The summed E-state index contributed by atoms with van der Waals surface area (Å²) in [6, 6.07) is 0. The van der Waals surface area contributed by atoms with Crippen LogP contribution in [0.25, 0.3) is 0 Å². The maximum Gasteiger partial charge on any atom is 0.225 e. The first-order valence-electron chi connectivity index (χ1n) is 2.98. The zero-order valence-corrected chi connectivity index (χ0v) is 5.59. The number of carbonyl (C=O) groups is 1. The topological polar surface area (TPSA) is 70.7 Å². The highest BCUT2D eigenvalue weighted by atomic mass is 16.1. The number of hydrogen-bond donors (Lipinski definition) is 2. The molecule has 0 saturated heterocycles. The van der Waals surface area contributed by atoms with Gasteiger partial charge in [-0.05, 0) is 0 Å². The lowest BCUT2D eigenvalue weighted by atomic mass is 10.4. The minimum Gasteiger partial charge on any atom is -0.308 e. The Hall–Kier alpha value is -1.39. The van der Waals surface area contributed by atoms with E-state index in [1.165, 1.54) is 6.20 Å². The lowest BCUT2D eigenvalue weighted by Crippen LogP contribution is -2.09. The number of anilines is 1. The van der Waals surface area contributed by atoms with Crippen LogP contribution in [0.3, 0.4) is 0 Å². The fourth-order valence-electron chi connectivity index (χ4n) is 0.493. The molecule has 1 heterocycles. The van der Waals surface area contributed by atoms with Crippen molar-refractivity contribution in [1.29, 1.82) is 0 Å². The van der Waals surface area contributed by atoms with Crippen LogP contribution in [0.1, 0.15) is 13.3 Å². The quantitative estimate of drug-likeness (QED) is 0.614. The standard InChI is InChI=1S/C5H8N4O/c1-2-5(10)7-4-3-6-9-8-4/h3H,2H2,1H3,(H2,6,7,8,9,10). The normalized spacial score (nSPS) is 9.30. The molecule has 0 radical (unpaired) electrons. The molecule has 1 rings (SSSR count). The van der Waals surface area contributed by atoms with Crippen molar-refractivity contribution in [3.8, 4) is 0 Å². The summed E-state index contributed by atoms with van der Waals surface area (Å²) in [6.45, 7) is 1.77. The Bertz CT molecular complexity index is 205. The zero-order chi connectivity index (χ0) is 7.40. The summed E-state index contributed by atoms with van der Waals surface area (Å²) in [5.74, 6) is 0.403. The summed E-state index contributed by atoms with van der Waals surface area (Å²) >= 11 is 0. The van der Waals surface area contributed by atoms with E-state index in [-0.39, 0.29) is 5.91 Å². The third-order valence-corrected chi connectivity index (χ3v) is 1.00. The maximum atomic E-state index is 10.7. The number of carbonyl (C=O) groups excluding carboxylic acids is 1. The summed E-state index contributed by atoms with van der Waals surface area (Å²) in [4.78, 5) is 10.7. The highest BCUT2D eigenvalue weighted by Gasteiger charge is 1.98. The van der Waals surface area contributed by atoms with Crippen LogP contribution in [0, 0.1) is 0 Å². The van der Waals surface area contributed by atoms with Gasteiger partial charge < -0.3 is 5.32 Å². The van der Waals surface area contributed by atoms with Gasteiger partial charge in [0, 0.05) is 6.42 Å². The van der Waals surface area contributed by atoms with Crippen molar-refractivity contribution in [2.75, 3.05) is 5.32 Å². The summed E-state index contributed by atoms with van der Waals surface area (Å²) in [5, 5.41) is 12.1. The van der Waals surface area contributed by atoms with Crippen LogP contribution in [-0.2, 0) is 4.79 Å². The maximum absolute atomic E-state index is 10.7. The Labute approximate surface area is 57.8 Å². The monoisotopic (exact) mass is 140 g/mol. The van der Waals surface area contributed by atoms with E-state index < -0.39 is 0 Å². The SMILES string of the molecule is CCC(=O)Nc1cn[nH]n1. The summed E-state index contributed by atoms with van der Waals surface area (Å²) in [5.41, 5.74) is 0. The first kappa shape index (κ1) is 6.73. The van der Waals surface area contributed by atoms with Crippen LogP contribution >= 0.6 is 0 Å². The van der Waals surface area contributed by atoms with Crippen LogP contribution in [0.4, 0.5) is 5.82 Å². The highest BCUT2D eigenvalue weighted by Crippen LogP contribution is 1.95. The zero-order valence-electron chi connectivity index (χ0n) is 5.59. The van der Waals surface area contributed by atoms with Gasteiger partial charge in [0.15, 0.2) is 5.82 Å². The molecular formula is C5H8N4O. The van der Waals surface area contributed by atoms with E-state index in [1.807, 2.05) is 0 Å². The lowest BCUT2D eigenvalue weighted by molar-refractivity contribution is -0.115. The van der Waals surface area contributed by atoms with Crippen molar-refractivity contribution >= 4 is 11.7 Å². The second kappa shape index (κ2) is 2.95. The Balaban J connectivity index is 2.48. The van der Waals surface area contributed by atoms with E-state index in [0.29, 0.717) is 12.2 Å². The number of aromatic amines is 1. The van der Waals surface area contributed by atoms with Gasteiger partial charge in [0.05, 0.1) is 6.20 Å². The molecular weight excluding hydrogens is 132 g/mol. The smallest absolute Gasteiger partial charge is 0.225 e. The predicted octanol–water partition coefficient (Wildman–Crippen LogP) is 0.153. The molecule has 0 aliphatic heterocycles. The van der Waals surface area contributed by atoms with Gasteiger partial charge >= 0.3 is 0 Å². The Kier molecular flexibility index (Phi) is 1.99. The van der Waals surface area contributed by atoms with Crippen molar-refractivity contribution in [1.82, 2.24) is 15.4 Å². The molecule has 5 heteroatoms. The third-order valence-electron chi connectivity index (χ3n) is 1.00. The molecule has 0 spiro atoms. The molecule has 0 aliphatic carbocycles. The minimum atomic E-state index is -0.0612. The number of aromatic nitrogens is 3. The molecule has 54 valence electrons. The van der Waals surface area contributed by atoms with E-state index in [9.17, 15) is 4.79 Å². The van der Waals surface area contributed by atoms with Gasteiger partial charge in [-0.2, -0.15) is 10.3 Å². The predicted molar refractivity (Wildman–Crippen MR) is 35.3 cm³/mol. The molecule has 0 fully saturated rings. The first-order valence-corrected chi connectivity index (χ1v) is 2.98. The Morgan fingerprint density at radius 2 is 2.70 bits per heavy atom. The number of rotatable bonds is 2. The van der Waals surface area contributed by atoms with Crippen LogP contribution in [0.2, 0.25) is 0 Å². The Morgan fingerprint density at radius 1 is 1.90 bits per heavy atom. The molecule has 0 unspecified atom stereocenters. The molecule has 0 atom stereocenters. The largest absolute Gasteiger partial charge is 0.308 e. The van der Waals surface area contributed by atoms with Crippen molar-refractivity contribution in [2.24, 2.45) is 0 Å². The fourth-order valence-corrected chi connectivity index (χ4v) is 0.493. The van der Waals surface area contributed by atoms with Crippen molar-refractivity contribution in [3.05, 3.63) is 6.20 Å². The second-order valence-electron chi connectivity index (χ2n) is 1.76. The average Bonchev–Trinajstić information content (AvgIpc) is 2.40. The molecule has 0 bridgehead atoms. The molecule has 2 N–H and O–H groups in total. The number of nitrogens with zero attached hydrogens (tertiary/aromatic N) is 2. The molecule has 0 aromatic carbocycles. The number of amides is 1. The molecule has 10 heavy (non-hydrogen) atoms. The van der Waals surface area contributed by atoms with Gasteiger partial charge in [0.25, 0.3) is 0 Å². The van der Waals surface area contributed by atoms with Crippen molar-refractivity contribution in [2.45, 2.75) is 13.3 Å². The number of hydrogen-bond acceptors (Lipinski definition) is 3. The molecule has 0 saturated carbocycles. The second-order valence-corrected chi connectivity index (χ2v) is 1.76. The van der Waals surface area contributed by atoms with Gasteiger partial charge in [-0.15, -0.1) is 5.10 Å². The van der Waals surface area contributed by atoms with E-state index in [1.54, 1.807) is 6.92 Å². The number of nitrogens with one attached hydrogen (secondary N) is 2. The minimum absolute atomic E-state index is 0.0612. The van der Waals surface area contributed by atoms with Gasteiger partial charge in [-0.3, -0.25) is 4.79 Å². The molecule has 1 amide bonds. The lowest BCUT2D eigenvalue weighted by Gasteiger charge is -1.94. The first-order chi connectivity index (χ1) is 4.83. The highest BCUT2D eigenvalue weighted by molar-refractivity contribution is 5.89. The van der Waals surface area contributed by atoms with Crippen LogP contribution in [0.5, 0.6) is 0 Å². The van der Waals surface area contributed by atoms with Gasteiger partial charge in [0.1, 0.15) is 0 Å². The van der Waals surface area contributed by atoms with Crippen LogP contribution in [0.15, 0.2) is 6.20 Å². The summed E-state index contributed by atoms with van der Waals surface area (Å²) < 4.78 is 0. The summed E-state index contributed by atoms with van der Waals surface area (Å²) in [6.07, 6.45) is 1.90. The van der Waals surface area contributed by atoms with E-state index >= 15 is 0 Å². The van der Waals surface area contributed by atoms with Gasteiger partial charge in [-0.1, -0.05) is 6.92 Å². The molecule has 0 aliphatic rings. The van der Waals surface area contributed by atoms with E-state index in [4.69, 9.17) is 0 Å². The van der Waals surface area contributed by atoms with E-state index in [2.05, 4.69) is 20.7 Å². The molecule has 5 nitrogen and oxygen atoms in total. The fraction of sp³-hybridized carbons (Fsp3) is 0.400. The van der Waals surface area contributed by atoms with E-state index in [0.717, 1.165) is 0 Å². The van der Waals surface area contributed by atoms with Gasteiger partial charge in [-0.25, -0.2) is 0 Å². The third kappa shape index (κ3) is 1.54. The average molecular weight is 140 g/mol. The molecule has 1 aromatic heterocycles. The van der Waals surface area contributed by atoms with Crippen molar-refractivity contribution < 1.29 is 4.79 Å². The number of H-pyrrole nitrogens is 1. The summed E-state index contributed by atoms with van der Waals surface area (Å²) in [7, 11) is 0. The van der Waals surface area contributed by atoms with Crippen LogP contribution in [-0.4, -0.2) is 21.3 Å². The Morgan fingerprint density at radius 3 is 3.20 bits per heavy atom. The van der Waals surface area contributed by atoms with Crippen molar-refractivity contribution in [3.63, 3.8) is 0 Å². The molecule has 1 aromatic rings. The van der Waals surface area contributed by atoms with Crippen LogP contribution < -0.4 is 5.32 Å².